The van der Waals surface area contributed by atoms with Gasteiger partial charge in [0.05, 0.1) is 0 Å². The first-order chi connectivity index (χ1) is 7.33. The lowest BCUT2D eigenvalue weighted by Crippen LogP contribution is -2.11. The summed E-state index contributed by atoms with van der Waals surface area (Å²) in [4.78, 5) is 0. The fraction of sp³-hybridized carbons (Fsp3) is 0.571. The molecule has 1 atom stereocenters. The van der Waals surface area contributed by atoms with E-state index < -0.39 is 0 Å². The van der Waals surface area contributed by atoms with Crippen LogP contribution in [0.15, 0.2) is 18.2 Å². The van der Waals surface area contributed by atoms with Gasteiger partial charge in [0.2, 0.25) is 0 Å². The summed E-state index contributed by atoms with van der Waals surface area (Å²) in [5.74, 6) is 0.670. The molecule has 0 amide bonds. The van der Waals surface area contributed by atoms with E-state index in [1.54, 1.807) is 6.07 Å². The third-order valence-corrected chi connectivity index (χ3v) is 2.81. The van der Waals surface area contributed by atoms with Gasteiger partial charge in [-0.05, 0) is 35.8 Å². The molecule has 1 unspecified atom stereocenters. The maximum absolute atomic E-state index is 9.83. The summed E-state index contributed by atoms with van der Waals surface area (Å²) in [6, 6.07) is 4.88. The van der Waals surface area contributed by atoms with Gasteiger partial charge in [-0.1, -0.05) is 33.8 Å². The summed E-state index contributed by atoms with van der Waals surface area (Å²) >= 11 is 0. The van der Waals surface area contributed by atoms with Crippen LogP contribution in [0.25, 0.3) is 0 Å². The molecule has 2 heteroatoms. The van der Waals surface area contributed by atoms with Crippen molar-refractivity contribution in [3.63, 3.8) is 0 Å². The quantitative estimate of drug-likeness (QED) is 0.810. The van der Waals surface area contributed by atoms with E-state index >= 15 is 0 Å². The molecule has 1 rings (SSSR count). The molecule has 0 radical (unpaired) electrons. The minimum absolute atomic E-state index is 0.117. The average molecular weight is 222 g/mol. The van der Waals surface area contributed by atoms with E-state index in [-0.39, 0.29) is 16.9 Å². The smallest absolute Gasteiger partial charge is 0.122 e. The Morgan fingerprint density at radius 1 is 1.19 bits per heavy atom. The normalized spacial score (nSPS) is 13.8. The van der Waals surface area contributed by atoms with Gasteiger partial charge in [-0.2, -0.15) is 0 Å². The standard InChI is InChI=1S/C14H22O2/c1-5-10(9-14(2,3)4)12-7-6-11(15)8-13(12)16/h6-8,10,15-16H,5,9H2,1-4H3. The minimum Gasteiger partial charge on any atom is -0.508 e. The largest absolute Gasteiger partial charge is 0.508 e. The number of phenolic OH excluding ortho intramolecular Hbond substituents is 2. The Hall–Kier alpha value is -1.18. The van der Waals surface area contributed by atoms with Crippen molar-refractivity contribution in [1.82, 2.24) is 0 Å². The summed E-state index contributed by atoms with van der Waals surface area (Å²) in [5, 5.41) is 19.1. The van der Waals surface area contributed by atoms with Crippen molar-refractivity contribution >= 4 is 0 Å². The first kappa shape index (κ1) is 12.9. The number of hydrogen-bond acceptors (Lipinski definition) is 2. The Bertz CT molecular complexity index is 350. The SMILES string of the molecule is CCC(CC(C)(C)C)c1ccc(O)cc1O. The van der Waals surface area contributed by atoms with E-state index in [0.717, 1.165) is 18.4 Å². The van der Waals surface area contributed by atoms with Crippen LogP contribution in [0, 0.1) is 5.41 Å². The lowest BCUT2D eigenvalue weighted by Gasteiger charge is -2.26. The molecule has 1 aromatic carbocycles. The number of hydrogen-bond donors (Lipinski definition) is 2. The molecule has 0 saturated heterocycles. The van der Waals surface area contributed by atoms with Crippen molar-refractivity contribution in [2.45, 2.75) is 46.5 Å². The number of rotatable bonds is 3. The predicted molar refractivity (Wildman–Crippen MR) is 66.9 cm³/mol. The molecule has 0 bridgehead atoms. The molecule has 0 aliphatic heterocycles. The Morgan fingerprint density at radius 3 is 2.25 bits per heavy atom. The molecule has 0 spiro atoms. The molecule has 0 heterocycles. The fourth-order valence-corrected chi connectivity index (χ4v) is 2.09. The van der Waals surface area contributed by atoms with Gasteiger partial charge in [0.1, 0.15) is 11.5 Å². The Balaban J connectivity index is 2.95. The maximum Gasteiger partial charge on any atom is 0.122 e. The topological polar surface area (TPSA) is 40.5 Å². The predicted octanol–water partition coefficient (Wildman–Crippen LogP) is 4.03. The molecule has 2 nitrogen and oxygen atoms in total. The van der Waals surface area contributed by atoms with E-state index in [4.69, 9.17) is 0 Å². The molecule has 0 saturated carbocycles. The zero-order valence-electron chi connectivity index (χ0n) is 10.6. The van der Waals surface area contributed by atoms with Crippen LogP contribution in [-0.4, -0.2) is 10.2 Å². The van der Waals surface area contributed by atoms with E-state index in [1.807, 2.05) is 6.07 Å². The molecule has 0 aromatic heterocycles. The van der Waals surface area contributed by atoms with Crippen LogP contribution in [0.3, 0.4) is 0 Å². The molecular weight excluding hydrogens is 200 g/mol. The fourth-order valence-electron chi connectivity index (χ4n) is 2.09. The van der Waals surface area contributed by atoms with Crippen molar-refractivity contribution in [1.29, 1.82) is 0 Å². The zero-order chi connectivity index (χ0) is 12.3. The lowest BCUT2D eigenvalue weighted by atomic mass is 9.80. The maximum atomic E-state index is 9.83. The number of phenols is 2. The van der Waals surface area contributed by atoms with Gasteiger partial charge in [0.15, 0.2) is 0 Å². The summed E-state index contributed by atoms with van der Waals surface area (Å²) in [6.45, 7) is 8.73. The van der Waals surface area contributed by atoms with Gasteiger partial charge in [0, 0.05) is 6.07 Å². The van der Waals surface area contributed by atoms with Crippen LogP contribution in [0.5, 0.6) is 11.5 Å². The molecular formula is C14H22O2. The van der Waals surface area contributed by atoms with Gasteiger partial charge in [-0.25, -0.2) is 0 Å². The highest BCUT2D eigenvalue weighted by molar-refractivity contribution is 5.41. The van der Waals surface area contributed by atoms with Crippen molar-refractivity contribution in [3.05, 3.63) is 23.8 Å². The molecule has 2 N–H and O–H groups in total. The summed E-state index contributed by atoms with van der Waals surface area (Å²) in [7, 11) is 0. The Morgan fingerprint density at radius 2 is 1.81 bits per heavy atom. The van der Waals surface area contributed by atoms with Crippen LogP contribution in [-0.2, 0) is 0 Å². The van der Waals surface area contributed by atoms with E-state index in [2.05, 4.69) is 27.7 Å². The van der Waals surface area contributed by atoms with Crippen molar-refractivity contribution < 1.29 is 10.2 Å². The third kappa shape index (κ3) is 3.44. The summed E-state index contributed by atoms with van der Waals surface area (Å²) < 4.78 is 0. The highest BCUT2D eigenvalue weighted by Crippen LogP contribution is 2.38. The molecule has 16 heavy (non-hydrogen) atoms. The Labute approximate surface area is 97.9 Å². The monoisotopic (exact) mass is 222 g/mol. The van der Waals surface area contributed by atoms with Crippen LogP contribution in [0.1, 0.15) is 52.0 Å². The number of aromatic hydroxyl groups is 2. The van der Waals surface area contributed by atoms with Crippen LogP contribution < -0.4 is 0 Å². The van der Waals surface area contributed by atoms with E-state index in [1.165, 1.54) is 6.07 Å². The van der Waals surface area contributed by atoms with Crippen molar-refractivity contribution in [2.24, 2.45) is 5.41 Å². The second kappa shape index (κ2) is 4.77. The van der Waals surface area contributed by atoms with Gasteiger partial charge in [-0.15, -0.1) is 0 Å². The molecule has 90 valence electrons. The van der Waals surface area contributed by atoms with Gasteiger partial charge in [0.25, 0.3) is 0 Å². The molecule has 0 aliphatic carbocycles. The summed E-state index contributed by atoms with van der Waals surface area (Å²) in [6.07, 6.45) is 2.03. The minimum atomic E-state index is 0.117. The lowest BCUT2D eigenvalue weighted by molar-refractivity contribution is 0.329. The molecule has 1 aromatic rings. The molecule has 0 aliphatic rings. The van der Waals surface area contributed by atoms with Gasteiger partial charge >= 0.3 is 0 Å². The second-order valence-corrected chi connectivity index (χ2v) is 5.61. The van der Waals surface area contributed by atoms with Crippen molar-refractivity contribution in [2.75, 3.05) is 0 Å². The number of benzene rings is 1. The van der Waals surface area contributed by atoms with E-state index in [0.29, 0.717) is 5.92 Å². The van der Waals surface area contributed by atoms with Crippen molar-refractivity contribution in [3.8, 4) is 11.5 Å². The third-order valence-electron chi connectivity index (χ3n) is 2.81. The van der Waals surface area contributed by atoms with Crippen LogP contribution in [0.4, 0.5) is 0 Å². The highest BCUT2D eigenvalue weighted by Gasteiger charge is 2.21. The van der Waals surface area contributed by atoms with E-state index in [9.17, 15) is 10.2 Å². The average Bonchev–Trinajstić information content (AvgIpc) is 2.13. The van der Waals surface area contributed by atoms with Crippen LogP contribution >= 0.6 is 0 Å². The highest BCUT2D eigenvalue weighted by atomic mass is 16.3. The molecule has 0 fully saturated rings. The van der Waals surface area contributed by atoms with Gasteiger partial charge in [-0.3, -0.25) is 0 Å². The van der Waals surface area contributed by atoms with Crippen LogP contribution in [0.2, 0.25) is 0 Å². The zero-order valence-corrected chi connectivity index (χ0v) is 10.6. The second-order valence-electron chi connectivity index (χ2n) is 5.61. The summed E-state index contributed by atoms with van der Waals surface area (Å²) in [5.41, 5.74) is 1.18. The first-order valence-electron chi connectivity index (χ1n) is 5.85. The first-order valence-corrected chi connectivity index (χ1v) is 5.85. The van der Waals surface area contributed by atoms with Gasteiger partial charge < -0.3 is 10.2 Å². The Kier molecular flexibility index (Phi) is 3.84.